The molecule has 1 saturated carbocycles. The van der Waals surface area contributed by atoms with Crippen molar-refractivity contribution in [2.24, 2.45) is 0 Å². The molecule has 0 aromatic heterocycles. The lowest BCUT2D eigenvalue weighted by molar-refractivity contribution is -0.384. The molecule has 2 amide bonds. The number of benzene rings is 1. The SMILES string of the molecule is C[C@H](Sc1ccc([N+](=O)[O-])cc1)C(=O)NCC(=O)NC1CC1. The van der Waals surface area contributed by atoms with Crippen LogP contribution >= 0.6 is 11.8 Å². The smallest absolute Gasteiger partial charge is 0.269 e. The lowest BCUT2D eigenvalue weighted by Crippen LogP contribution is -2.40. The highest BCUT2D eigenvalue weighted by Gasteiger charge is 2.23. The van der Waals surface area contributed by atoms with Gasteiger partial charge in [-0.2, -0.15) is 0 Å². The predicted octanol–water partition coefficient (Wildman–Crippen LogP) is 1.47. The van der Waals surface area contributed by atoms with Crippen LogP contribution in [0, 0.1) is 10.1 Å². The van der Waals surface area contributed by atoms with Crippen LogP contribution in [0.15, 0.2) is 29.2 Å². The summed E-state index contributed by atoms with van der Waals surface area (Å²) in [5.74, 6) is -0.419. The fourth-order valence-corrected chi connectivity index (χ4v) is 2.61. The van der Waals surface area contributed by atoms with Gasteiger partial charge in [-0.15, -0.1) is 11.8 Å². The molecule has 1 aliphatic carbocycles. The summed E-state index contributed by atoms with van der Waals surface area (Å²) >= 11 is 1.28. The van der Waals surface area contributed by atoms with E-state index in [1.54, 1.807) is 19.1 Å². The number of carbonyl (C=O) groups is 2. The van der Waals surface area contributed by atoms with Crippen molar-refractivity contribution in [1.82, 2.24) is 10.6 Å². The van der Waals surface area contributed by atoms with Crippen molar-refractivity contribution >= 4 is 29.3 Å². The van der Waals surface area contributed by atoms with E-state index in [1.165, 1.54) is 23.9 Å². The Morgan fingerprint density at radius 3 is 2.55 bits per heavy atom. The van der Waals surface area contributed by atoms with Gasteiger partial charge in [0.15, 0.2) is 0 Å². The van der Waals surface area contributed by atoms with Crippen LogP contribution < -0.4 is 10.6 Å². The van der Waals surface area contributed by atoms with Crippen LogP contribution in [0.1, 0.15) is 19.8 Å². The molecule has 8 heteroatoms. The summed E-state index contributed by atoms with van der Waals surface area (Å²) < 4.78 is 0. The number of amides is 2. The molecule has 22 heavy (non-hydrogen) atoms. The quantitative estimate of drug-likeness (QED) is 0.449. The molecule has 1 atom stereocenters. The van der Waals surface area contributed by atoms with Crippen molar-refractivity contribution in [3.63, 3.8) is 0 Å². The molecule has 0 heterocycles. The summed E-state index contributed by atoms with van der Waals surface area (Å²) in [6.07, 6.45) is 2.01. The minimum atomic E-state index is -0.469. The van der Waals surface area contributed by atoms with E-state index in [-0.39, 0.29) is 30.1 Å². The molecule has 118 valence electrons. The van der Waals surface area contributed by atoms with Gasteiger partial charge in [0.25, 0.3) is 5.69 Å². The number of carbonyl (C=O) groups excluding carboxylic acids is 2. The molecule has 7 nitrogen and oxygen atoms in total. The molecule has 1 aromatic carbocycles. The van der Waals surface area contributed by atoms with Crippen molar-refractivity contribution in [2.75, 3.05) is 6.54 Å². The number of nitro benzene ring substituents is 1. The van der Waals surface area contributed by atoms with Gasteiger partial charge in [-0.05, 0) is 31.9 Å². The number of hydrogen-bond acceptors (Lipinski definition) is 5. The van der Waals surface area contributed by atoms with Gasteiger partial charge < -0.3 is 10.6 Å². The predicted molar refractivity (Wildman–Crippen MR) is 82.6 cm³/mol. The maximum atomic E-state index is 11.9. The Kier molecular flexibility index (Phi) is 5.37. The maximum Gasteiger partial charge on any atom is 0.269 e. The third-order valence-electron chi connectivity index (χ3n) is 3.10. The second-order valence-electron chi connectivity index (χ2n) is 5.07. The highest BCUT2D eigenvalue weighted by atomic mass is 32.2. The maximum absolute atomic E-state index is 11.9. The monoisotopic (exact) mass is 323 g/mol. The van der Waals surface area contributed by atoms with Gasteiger partial charge in [-0.25, -0.2) is 0 Å². The van der Waals surface area contributed by atoms with Crippen LogP contribution in [0.3, 0.4) is 0 Å². The Bertz CT molecular complexity index is 572. The molecule has 0 spiro atoms. The molecular weight excluding hydrogens is 306 g/mol. The van der Waals surface area contributed by atoms with Crippen molar-refractivity contribution in [3.8, 4) is 0 Å². The highest BCUT2D eigenvalue weighted by Crippen LogP contribution is 2.25. The first-order chi connectivity index (χ1) is 10.5. The summed E-state index contributed by atoms with van der Waals surface area (Å²) in [7, 11) is 0. The molecular formula is C14H17N3O4S. The number of thioether (sulfide) groups is 1. The largest absolute Gasteiger partial charge is 0.352 e. The zero-order valence-corrected chi connectivity index (χ0v) is 12.9. The van der Waals surface area contributed by atoms with Crippen LogP contribution in [0.5, 0.6) is 0 Å². The number of nitrogens with zero attached hydrogens (tertiary/aromatic N) is 1. The summed E-state index contributed by atoms with van der Waals surface area (Å²) in [5, 5.41) is 15.6. The summed E-state index contributed by atoms with van der Waals surface area (Å²) in [6, 6.07) is 6.28. The van der Waals surface area contributed by atoms with E-state index in [0.29, 0.717) is 0 Å². The van der Waals surface area contributed by atoms with Crippen molar-refractivity contribution in [3.05, 3.63) is 34.4 Å². The zero-order chi connectivity index (χ0) is 16.1. The lowest BCUT2D eigenvalue weighted by Gasteiger charge is -2.12. The molecule has 2 rings (SSSR count). The van der Waals surface area contributed by atoms with Gasteiger partial charge >= 0.3 is 0 Å². The van der Waals surface area contributed by atoms with Crippen LogP contribution in [0.4, 0.5) is 5.69 Å². The van der Waals surface area contributed by atoms with Crippen molar-refractivity contribution < 1.29 is 14.5 Å². The van der Waals surface area contributed by atoms with Crippen LogP contribution in [-0.2, 0) is 9.59 Å². The summed E-state index contributed by atoms with van der Waals surface area (Å²) in [6.45, 7) is 1.70. The van der Waals surface area contributed by atoms with E-state index in [9.17, 15) is 19.7 Å². The first kappa shape index (κ1) is 16.3. The normalized spacial score (nSPS) is 15.0. The Balaban J connectivity index is 1.77. The minimum Gasteiger partial charge on any atom is -0.352 e. The third-order valence-corrected chi connectivity index (χ3v) is 4.21. The van der Waals surface area contributed by atoms with E-state index < -0.39 is 10.2 Å². The van der Waals surface area contributed by atoms with Gasteiger partial charge in [0, 0.05) is 23.1 Å². The first-order valence-corrected chi connectivity index (χ1v) is 7.82. The molecule has 2 N–H and O–H groups in total. The van der Waals surface area contributed by atoms with E-state index in [0.717, 1.165) is 17.7 Å². The van der Waals surface area contributed by atoms with E-state index >= 15 is 0 Å². The number of nitrogens with one attached hydrogen (secondary N) is 2. The van der Waals surface area contributed by atoms with Crippen LogP contribution in [-0.4, -0.2) is 34.6 Å². The van der Waals surface area contributed by atoms with Gasteiger partial charge in [0.05, 0.1) is 16.7 Å². The molecule has 0 bridgehead atoms. The highest BCUT2D eigenvalue weighted by molar-refractivity contribution is 8.00. The van der Waals surface area contributed by atoms with Crippen molar-refractivity contribution in [2.45, 2.75) is 36.0 Å². The minimum absolute atomic E-state index is 0.0122. The van der Waals surface area contributed by atoms with E-state index in [4.69, 9.17) is 0 Å². The van der Waals surface area contributed by atoms with Crippen molar-refractivity contribution in [1.29, 1.82) is 0 Å². The van der Waals surface area contributed by atoms with Gasteiger partial charge in [-0.1, -0.05) is 0 Å². The van der Waals surface area contributed by atoms with Crippen LogP contribution in [0.2, 0.25) is 0 Å². The molecule has 0 aliphatic heterocycles. The molecule has 0 unspecified atom stereocenters. The van der Waals surface area contributed by atoms with E-state index in [1.807, 2.05) is 0 Å². The fraction of sp³-hybridized carbons (Fsp3) is 0.429. The molecule has 0 radical (unpaired) electrons. The zero-order valence-electron chi connectivity index (χ0n) is 12.1. The number of rotatable bonds is 7. The molecule has 1 fully saturated rings. The Hall–Kier alpha value is -2.09. The first-order valence-electron chi connectivity index (χ1n) is 6.94. The molecule has 0 saturated heterocycles. The Morgan fingerprint density at radius 1 is 1.36 bits per heavy atom. The molecule has 1 aromatic rings. The number of hydrogen-bond donors (Lipinski definition) is 2. The fourth-order valence-electron chi connectivity index (χ4n) is 1.72. The number of nitro groups is 1. The average Bonchev–Trinajstić information content (AvgIpc) is 3.29. The second-order valence-corrected chi connectivity index (χ2v) is 6.48. The number of non-ortho nitro benzene ring substituents is 1. The summed E-state index contributed by atoms with van der Waals surface area (Å²) in [4.78, 5) is 34.3. The summed E-state index contributed by atoms with van der Waals surface area (Å²) in [5.41, 5.74) is 0.0122. The van der Waals surface area contributed by atoms with Gasteiger partial charge in [0.2, 0.25) is 11.8 Å². The van der Waals surface area contributed by atoms with Gasteiger partial charge in [0.1, 0.15) is 0 Å². The second kappa shape index (κ2) is 7.26. The molecule has 1 aliphatic rings. The van der Waals surface area contributed by atoms with Crippen LogP contribution in [0.25, 0.3) is 0 Å². The average molecular weight is 323 g/mol. The lowest BCUT2D eigenvalue weighted by atomic mass is 10.3. The third kappa shape index (κ3) is 5.03. The van der Waals surface area contributed by atoms with Gasteiger partial charge in [-0.3, -0.25) is 19.7 Å². The standard InChI is InChI=1S/C14H17N3O4S/c1-9(14(19)15-8-13(18)16-10-2-3-10)22-12-6-4-11(5-7-12)17(20)21/h4-7,9-10H,2-3,8H2,1H3,(H,15,19)(H,16,18)/t9-/m0/s1. The Labute approximate surface area is 132 Å². The Morgan fingerprint density at radius 2 is 2.00 bits per heavy atom. The topological polar surface area (TPSA) is 101 Å². The van der Waals surface area contributed by atoms with E-state index in [2.05, 4.69) is 10.6 Å².